The Hall–Kier alpha value is -3.22. The number of esters is 1. The van der Waals surface area contributed by atoms with E-state index in [1.165, 1.54) is 0 Å². The van der Waals surface area contributed by atoms with Crippen LogP contribution in [0.15, 0.2) is 65.8 Å². The smallest absolute Gasteiger partial charge is 0.312 e. The van der Waals surface area contributed by atoms with Crippen LogP contribution in [-0.2, 0) is 9.53 Å². The van der Waals surface area contributed by atoms with E-state index in [2.05, 4.69) is 15.9 Å². The second-order valence-corrected chi connectivity index (χ2v) is 7.34. The Bertz CT molecular complexity index is 850. The number of rotatable bonds is 9. The van der Waals surface area contributed by atoms with E-state index in [1.54, 1.807) is 0 Å². The lowest BCUT2D eigenvalue weighted by Gasteiger charge is -2.29. The lowest BCUT2D eigenvalue weighted by molar-refractivity contribution is -0.153. The third-order valence-electron chi connectivity index (χ3n) is 4.75. The number of hydrogen-bond acceptors (Lipinski definition) is 3. The number of carbonyl (C=O) groups is 1. The van der Waals surface area contributed by atoms with Crippen LogP contribution in [0.2, 0.25) is 0 Å². The Morgan fingerprint density at radius 3 is 2.25 bits per heavy atom. The lowest BCUT2D eigenvalue weighted by Crippen LogP contribution is -2.29. The maximum absolute atomic E-state index is 12.5. The van der Waals surface area contributed by atoms with Crippen LogP contribution in [0.3, 0.4) is 0 Å². The molecular formula is C23H25N3O2. The molecule has 2 rings (SSSR count). The quantitative estimate of drug-likeness (QED) is 0.182. The highest BCUT2D eigenvalue weighted by Crippen LogP contribution is 2.39. The van der Waals surface area contributed by atoms with Gasteiger partial charge in [-0.25, -0.2) is 0 Å². The van der Waals surface area contributed by atoms with Gasteiger partial charge < -0.3 is 4.74 Å². The molecule has 0 N–H and O–H groups in total. The van der Waals surface area contributed by atoms with Crippen molar-refractivity contribution in [2.24, 2.45) is 10.5 Å². The van der Waals surface area contributed by atoms with E-state index < -0.39 is 5.41 Å². The Kier molecular flexibility index (Phi) is 7.68. The third kappa shape index (κ3) is 5.90. The monoisotopic (exact) mass is 375 g/mol. The van der Waals surface area contributed by atoms with Gasteiger partial charge in [0.15, 0.2) is 6.61 Å². The first-order valence-electron chi connectivity index (χ1n) is 9.22. The summed E-state index contributed by atoms with van der Waals surface area (Å²) in [4.78, 5) is 15.5. The predicted molar refractivity (Wildman–Crippen MR) is 110 cm³/mol. The lowest BCUT2D eigenvalue weighted by atomic mass is 9.77. The summed E-state index contributed by atoms with van der Waals surface area (Å²) in [6.07, 6.45) is 6.34. The van der Waals surface area contributed by atoms with Crippen molar-refractivity contribution in [3.8, 4) is 12.3 Å². The van der Waals surface area contributed by atoms with Crippen LogP contribution in [0.1, 0.15) is 49.8 Å². The number of benzene rings is 2. The van der Waals surface area contributed by atoms with Crippen LogP contribution in [0.5, 0.6) is 0 Å². The number of nitrogens with zero attached hydrogens (tertiary/aromatic N) is 3. The molecule has 0 aliphatic rings. The van der Waals surface area contributed by atoms with Gasteiger partial charge in [-0.15, -0.1) is 6.42 Å². The fraction of sp³-hybridized carbons (Fsp3) is 0.348. The van der Waals surface area contributed by atoms with Crippen molar-refractivity contribution < 1.29 is 9.53 Å². The summed E-state index contributed by atoms with van der Waals surface area (Å²) in [6.45, 7) is 3.67. The largest absolute Gasteiger partial charge is 0.452 e. The second kappa shape index (κ2) is 10.2. The number of ether oxygens (including phenoxy) is 1. The van der Waals surface area contributed by atoms with Gasteiger partial charge in [0.2, 0.25) is 0 Å². The van der Waals surface area contributed by atoms with Gasteiger partial charge in [0, 0.05) is 4.91 Å². The number of hydrogen-bond donors (Lipinski definition) is 0. The van der Waals surface area contributed by atoms with Gasteiger partial charge in [-0.05, 0) is 49.3 Å². The maximum Gasteiger partial charge on any atom is 0.312 e. The molecule has 144 valence electrons. The van der Waals surface area contributed by atoms with Crippen LogP contribution in [-0.4, -0.2) is 12.6 Å². The average Bonchev–Trinajstić information content (AvgIpc) is 2.72. The van der Waals surface area contributed by atoms with Gasteiger partial charge in [0.1, 0.15) is 0 Å². The Labute approximate surface area is 166 Å². The molecule has 0 radical (unpaired) electrons. The number of terminal acetylenes is 1. The molecule has 0 saturated heterocycles. The Morgan fingerprint density at radius 1 is 1.14 bits per heavy atom. The van der Waals surface area contributed by atoms with Crippen molar-refractivity contribution in [2.45, 2.75) is 38.6 Å². The zero-order valence-electron chi connectivity index (χ0n) is 16.3. The summed E-state index contributed by atoms with van der Waals surface area (Å²) in [6, 6.07) is 19.3. The van der Waals surface area contributed by atoms with Gasteiger partial charge in [-0.1, -0.05) is 71.7 Å². The van der Waals surface area contributed by atoms with E-state index in [1.807, 2.05) is 74.5 Å². The number of azide groups is 1. The van der Waals surface area contributed by atoms with E-state index in [4.69, 9.17) is 16.7 Å². The summed E-state index contributed by atoms with van der Waals surface area (Å²) in [5, 5.41) is 4.02. The highest BCUT2D eigenvalue weighted by Gasteiger charge is 2.34. The number of carbonyl (C=O) groups excluding carboxylic acids is 1. The van der Waals surface area contributed by atoms with Crippen LogP contribution in [0.4, 0.5) is 0 Å². The normalized spacial score (nSPS) is 12.9. The zero-order chi connectivity index (χ0) is 20.4. The minimum atomic E-state index is -0.727. The molecule has 28 heavy (non-hydrogen) atoms. The predicted octanol–water partition coefficient (Wildman–Crippen LogP) is 5.80. The topological polar surface area (TPSA) is 75.1 Å². The molecule has 0 saturated carbocycles. The molecule has 0 aliphatic heterocycles. The van der Waals surface area contributed by atoms with Crippen LogP contribution < -0.4 is 0 Å². The Balaban J connectivity index is 2.30. The molecule has 0 spiro atoms. The molecular weight excluding hydrogens is 350 g/mol. The fourth-order valence-electron chi connectivity index (χ4n) is 3.32. The molecule has 5 heteroatoms. The maximum atomic E-state index is 12.5. The molecule has 0 amide bonds. The fourth-order valence-corrected chi connectivity index (χ4v) is 3.32. The van der Waals surface area contributed by atoms with E-state index in [9.17, 15) is 4.79 Å². The molecule has 5 nitrogen and oxygen atoms in total. The minimum absolute atomic E-state index is 0.00490. The molecule has 0 bridgehead atoms. The first-order valence-corrected chi connectivity index (χ1v) is 9.22. The Morgan fingerprint density at radius 2 is 1.71 bits per heavy atom. The average molecular weight is 375 g/mol. The summed E-state index contributed by atoms with van der Waals surface area (Å²) in [5.74, 6) is 2.01. The van der Waals surface area contributed by atoms with Crippen molar-refractivity contribution >= 4 is 5.97 Å². The van der Waals surface area contributed by atoms with Crippen molar-refractivity contribution in [3.63, 3.8) is 0 Å². The van der Waals surface area contributed by atoms with Crippen LogP contribution in [0, 0.1) is 17.8 Å². The summed E-state index contributed by atoms with van der Waals surface area (Å²) >= 11 is 0. The van der Waals surface area contributed by atoms with Crippen molar-refractivity contribution in [1.82, 2.24) is 0 Å². The highest BCUT2D eigenvalue weighted by atomic mass is 16.5. The second-order valence-electron chi connectivity index (χ2n) is 7.34. The van der Waals surface area contributed by atoms with Crippen molar-refractivity contribution in [2.75, 3.05) is 6.61 Å². The molecule has 2 aromatic carbocycles. The van der Waals surface area contributed by atoms with Gasteiger partial charge >= 0.3 is 5.97 Å². The van der Waals surface area contributed by atoms with Gasteiger partial charge in [-0.3, -0.25) is 4.79 Å². The van der Waals surface area contributed by atoms with Crippen LogP contribution in [0.25, 0.3) is 10.4 Å². The van der Waals surface area contributed by atoms with Crippen molar-refractivity contribution in [3.05, 3.63) is 82.2 Å². The van der Waals surface area contributed by atoms with Gasteiger partial charge in [-0.2, -0.15) is 0 Å². The van der Waals surface area contributed by atoms with Gasteiger partial charge in [0.25, 0.3) is 0 Å². The summed E-state index contributed by atoms with van der Waals surface area (Å²) < 4.78 is 5.17. The standard InChI is InChI=1S/C23H25N3O2/c1-4-15-28-22(27)23(2,3)17-20(18-11-7-5-8-12-18)16-21(25-26-24)19-13-9-6-10-14-19/h1,5-14,20-21H,15-17H2,2-3H3. The summed E-state index contributed by atoms with van der Waals surface area (Å²) in [5.41, 5.74) is 10.4. The van der Waals surface area contributed by atoms with Crippen molar-refractivity contribution in [1.29, 1.82) is 0 Å². The molecule has 0 fully saturated rings. The van der Waals surface area contributed by atoms with E-state index >= 15 is 0 Å². The minimum Gasteiger partial charge on any atom is -0.452 e. The molecule has 2 unspecified atom stereocenters. The molecule has 0 aromatic heterocycles. The molecule has 0 heterocycles. The molecule has 2 atom stereocenters. The SMILES string of the molecule is C#CCOC(=O)C(C)(C)CC(CC(N=[N+]=[N-])c1ccccc1)c1ccccc1. The van der Waals surface area contributed by atoms with E-state index in [0.717, 1.165) is 11.1 Å². The zero-order valence-corrected chi connectivity index (χ0v) is 16.3. The van der Waals surface area contributed by atoms with E-state index in [0.29, 0.717) is 12.8 Å². The van der Waals surface area contributed by atoms with Gasteiger partial charge in [0.05, 0.1) is 11.5 Å². The molecule has 2 aromatic rings. The molecule has 0 aliphatic carbocycles. The van der Waals surface area contributed by atoms with Crippen LogP contribution >= 0.6 is 0 Å². The van der Waals surface area contributed by atoms with E-state index in [-0.39, 0.29) is 24.5 Å². The highest BCUT2D eigenvalue weighted by molar-refractivity contribution is 5.76. The first kappa shape index (κ1) is 21.1. The third-order valence-corrected chi connectivity index (χ3v) is 4.75. The summed E-state index contributed by atoms with van der Waals surface area (Å²) in [7, 11) is 0. The first-order chi connectivity index (χ1) is 13.5.